The van der Waals surface area contributed by atoms with Gasteiger partial charge in [-0.3, -0.25) is 0 Å². The number of carbonyl (C=O) groups is 1. The molecule has 1 aromatic carbocycles. The molecule has 1 heterocycles. The first-order valence-electron chi connectivity index (χ1n) is 7.74. The van der Waals surface area contributed by atoms with Crippen LogP contribution in [0.3, 0.4) is 0 Å². The van der Waals surface area contributed by atoms with Gasteiger partial charge in [-0.25, -0.2) is 9.18 Å². The van der Waals surface area contributed by atoms with E-state index in [1.807, 2.05) is 33.8 Å². The molecule has 1 saturated heterocycles. The predicted octanol–water partition coefficient (Wildman–Crippen LogP) is 3.49. The number of rotatable bonds is 3. The van der Waals surface area contributed by atoms with Crippen molar-refractivity contribution in [2.45, 2.75) is 51.8 Å². The van der Waals surface area contributed by atoms with Crippen molar-refractivity contribution >= 4 is 6.09 Å². The monoisotopic (exact) mass is 308 g/mol. The van der Waals surface area contributed by atoms with Crippen LogP contribution in [0.5, 0.6) is 0 Å². The fourth-order valence-electron chi connectivity index (χ4n) is 2.61. The van der Waals surface area contributed by atoms with Crippen molar-refractivity contribution in [3.05, 3.63) is 35.6 Å². The molecule has 0 saturated carbocycles. The van der Waals surface area contributed by atoms with Crippen LogP contribution >= 0.6 is 0 Å². The van der Waals surface area contributed by atoms with Crippen LogP contribution in [0.2, 0.25) is 0 Å². The summed E-state index contributed by atoms with van der Waals surface area (Å²) in [7, 11) is 0. The maximum absolute atomic E-state index is 13.3. The molecule has 122 valence electrons. The van der Waals surface area contributed by atoms with Crippen LogP contribution in [-0.2, 0) is 4.74 Å². The van der Waals surface area contributed by atoms with Crippen molar-refractivity contribution in [1.29, 1.82) is 0 Å². The minimum Gasteiger partial charge on any atom is -0.444 e. The summed E-state index contributed by atoms with van der Waals surface area (Å²) in [6.45, 7) is 8.90. The molecule has 1 amide bonds. The summed E-state index contributed by atoms with van der Waals surface area (Å²) in [5.41, 5.74) is 0.438. The molecule has 4 nitrogen and oxygen atoms in total. The Labute approximate surface area is 131 Å². The summed E-state index contributed by atoms with van der Waals surface area (Å²) in [6.07, 6.45) is 0.606. The van der Waals surface area contributed by atoms with Crippen LogP contribution in [0.4, 0.5) is 9.18 Å². The number of carbonyl (C=O) groups excluding carboxylic acids is 1. The fourth-order valence-corrected chi connectivity index (χ4v) is 2.61. The number of likely N-dealkylation sites (tertiary alicyclic amines) is 1. The molecular weight excluding hydrogens is 283 g/mol. The molecule has 1 N–H and O–H groups in total. The second-order valence-corrected chi connectivity index (χ2v) is 6.86. The van der Waals surface area contributed by atoms with Crippen LogP contribution in [0.25, 0.3) is 0 Å². The normalized spacial score (nSPS) is 20.0. The second-order valence-electron chi connectivity index (χ2n) is 6.86. The van der Waals surface area contributed by atoms with Crippen LogP contribution in [0.15, 0.2) is 24.3 Å². The summed E-state index contributed by atoms with van der Waals surface area (Å²) >= 11 is 0. The molecular formula is C17H25FN2O2. The van der Waals surface area contributed by atoms with Gasteiger partial charge in [0.1, 0.15) is 11.4 Å². The van der Waals surface area contributed by atoms with Gasteiger partial charge in [0.25, 0.3) is 0 Å². The smallest absolute Gasteiger partial charge is 0.410 e. The maximum atomic E-state index is 13.3. The van der Waals surface area contributed by atoms with E-state index in [2.05, 4.69) is 5.32 Å². The van der Waals surface area contributed by atoms with Gasteiger partial charge in [0.05, 0.1) is 0 Å². The van der Waals surface area contributed by atoms with Crippen molar-refractivity contribution in [3.8, 4) is 0 Å². The Bertz CT molecular complexity index is 528. The van der Waals surface area contributed by atoms with E-state index in [0.29, 0.717) is 13.1 Å². The van der Waals surface area contributed by atoms with E-state index in [-0.39, 0.29) is 24.0 Å². The lowest BCUT2D eigenvalue weighted by molar-refractivity contribution is 0.0290. The lowest BCUT2D eigenvalue weighted by atomic mass is 10.1. The summed E-state index contributed by atoms with van der Waals surface area (Å²) in [5.74, 6) is -0.229. The summed E-state index contributed by atoms with van der Waals surface area (Å²) < 4.78 is 18.7. The first-order valence-corrected chi connectivity index (χ1v) is 7.74. The van der Waals surface area contributed by atoms with Crippen LogP contribution in [-0.4, -0.2) is 35.7 Å². The second kappa shape index (κ2) is 6.65. The fraction of sp³-hybridized carbons (Fsp3) is 0.588. The van der Waals surface area contributed by atoms with Gasteiger partial charge in [0.2, 0.25) is 0 Å². The lowest BCUT2D eigenvalue weighted by Gasteiger charge is -2.25. The van der Waals surface area contributed by atoms with Crippen molar-refractivity contribution < 1.29 is 13.9 Å². The minimum atomic E-state index is -0.475. The largest absolute Gasteiger partial charge is 0.444 e. The Balaban J connectivity index is 1.87. The Hall–Kier alpha value is -1.62. The first-order chi connectivity index (χ1) is 10.2. The molecule has 5 heteroatoms. The molecule has 0 radical (unpaired) electrons. The zero-order valence-electron chi connectivity index (χ0n) is 13.7. The molecule has 0 aromatic heterocycles. The molecule has 2 rings (SSSR count). The summed E-state index contributed by atoms with van der Waals surface area (Å²) in [5, 5.41) is 3.45. The van der Waals surface area contributed by atoms with Crippen molar-refractivity contribution in [2.24, 2.45) is 0 Å². The highest BCUT2D eigenvalue weighted by Crippen LogP contribution is 2.19. The Morgan fingerprint density at radius 2 is 2.18 bits per heavy atom. The highest BCUT2D eigenvalue weighted by molar-refractivity contribution is 5.68. The van der Waals surface area contributed by atoms with Crippen LogP contribution in [0, 0.1) is 5.82 Å². The number of nitrogens with one attached hydrogen (secondary N) is 1. The average Bonchev–Trinajstić information content (AvgIpc) is 2.85. The van der Waals surface area contributed by atoms with Gasteiger partial charge in [-0.1, -0.05) is 12.1 Å². The van der Waals surface area contributed by atoms with Crippen LogP contribution < -0.4 is 5.32 Å². The number of nitrogens with zero attached hydrogens (tertiary/aromatic N) is 1. The Morgan fingerprint density at radius 3 is 2.82 bits per heavy atom. The quantitative estimate of drug-likeness (QED) is 0.929. The van der Waals surface area contributed by atoms with E-state index in [1.165, 1.54) is 12.1 Å². The molecule has 2 atom stereocenters. The highest BCUT2D eigenvalue weighted by Gasteiger charge is 2.30. The zero-order valence-corrected chi connectivity index (χ0v) is 13.7. The van der Waals surface area contributed by atoms with Gasteiger partial charge in [-0.2, -0.15) is 0 Å². The molecule has 1 unspecified atom stereocenters. The maximum Gasteiger partial charge on any atom is 0.410 e. The molecule has 0 bridgehead atoms. The topological polar surface area (TPSA) is 41.6 Å². The minimum absolute atomic E-state index is 0.0410. The third kappa shape index (κ3) is 4.70. The number of hydrogen-bond acceptors (Lipinski definition) is 3. The molecule has 1 fully saturated rings. The number of benzene rings is 1. The SMILES string of the molecule is C[C@@H](NC1CCN(C(=O)OC(C)(C)C)C1)c1cccc(F)c1. The number of halogens is 1. The average molecular weight is 308 g/mol. The molecule has 1 aromatic rings. The van der Waals surface area contributed by atoms with E-state index in [0.717, 1.165) is 12.0 Å². The van der Waals surface area contributed by atoms with Gasteiger partial charge >= 0.3 is 6.09 Å². The van der Waals surface area contributed by atoms with E-state index in [9.17, 15) is 9.18 Å². The van der Waals surface area contributed by atoms with Crippen molar-refractivity contribution in [2.75, 3.05) is 13.1 Å². The molecule has 1 aliphatic heterocycles. The first kappa shape index (κ1) is 16.7. The van der Waals surface area contributed by atoms with E-state index in [1.54, 1.807) is 11.0 Å². The third-order valence-corrected chi connectivity index (χ3v) is 3.67. The lowest BCUT2D eigenvalue weighted by Crippen LogP contribution is -2.39. The highest BCUT2D eigenvalue weighted by atomic mass is 19.1. The third-order valence-electron chi connectivity index (χ3n) is 3.67. The molecule has 22 heavy (non-hydrogen) atoms. The standard InChI is InChI=1S/C17H25FN2O2/c1-12(13-6-5-7-14(18)10-13)19-15-8-9-20(11-15)16(21)22-17(2,3)4/h5-7,10,12,15,19H,8-9,11H2,1-4H3/t12-,15?/m1/s1. The number of amides is 1. The number of hydrogen-bond donors (Lipinski definition) is 1. The zero-order chi connectivity index (χ0) is 16.3. The number of ether oxygens (including phenoxy) is 1. The molecule has 0 spiro atoms. The van der Waals surface area contributed by atoms with Gasteiger partial charge < -0.3 is 15.0 Å². The van der Waals surface area contributed by atoms with Gasteiger partial charge in [0.15, 0.2) is 0 Å². The Kier molecular flexibility index (Phi) is 5.06. The molecule has 0 aliphatic carbocycles. The van der Waals surface area contributed by atoms with Gasteiger partial charge in [-0.05, 0) is 51.8 Å². The van der Waals surface area contributed by atoms with E-state index >= 15 is 0 Å². The summed E-state index contributed by atoms with van der Waals surface area (Å²) in [4.78, 5) is 13.8. The summed E-state index contributed by atoms with van der Waals surface area (Å²) in [6, 6.07) is 6.84. The van der Waals surface area contributed by atoms with Crippen molar-refractivity contribution in [1.82, 2.24) is 10.2 Å². The predicted molar refractivity (Wildman–Crippen MR) is 84.2 cm³/mol. The Morgan fingerprint density at radius 1 is 1.45 bits per heavy atom. The van der Waals surface area contributed by atoms with Crippen molar-refractivity contribution in [3.63, 3.8) is 0 Å². The molecule has 1 aliphatic rings. The van der Waals surface area contributed by atoms with Gasteiger partial charge in [-0.15, -0.1) is 0 Å². The van der Waals surface area contributed by atoms with Gasteiger partial charge in [0, 0.05) is 25.2 Å². The van der Waals surface area contributed by atoms with E-state index < -0.39 is 5.60 Å². The van der Waals surface area contributed by atoms with Crippen LogP contribution in [0.1, 0.15) is 45.7 Å². The van der Waals surface area contributed by atoms with E-state index in [4.69, 9.17) is 4.74 Å².